The van der Waals surface area contributed by atoms with E-state index in [0.29, 0.717) is 0 Å². The Bertz CT molecular complexity index is 999. The molecule has 0 bridgehead atoms. The molecule has 29 heavy (non-hydrogen) atoms. The summed E-state index contributed by atoms with van der Waals surface area (Å²) in [6, 6.07) is 20.9. The zero-order valence-corrected chi connectivity index (χ0v) is 17.0. The minimum Gasteiger partial charge on any atom is -0.493 e. The summed E-state index contributed by atoms with van der Waals surface area (Å²) in [4.78, 5) is 7.03. The number of pyridine rings is 1. The van der Waals surface area contributed by atoms with Crippen LogP contribution in [0.5, 0.6) is 11.5 Å². The van der Waals surface area contributed by atoms with Gasteiger partial charge in [-0.1, -0.05) is 42.5 Å². The molecule has 0 aliphatic carbocycles. The quantitative estimate of drug-likeness (QED) is 0.593. The Kier molecular flexibility index (Phi) is 5.92. The van der Waals surface area contributed by atoms with Crippen molar-refractivity contribution in [3.8, 4) is 22.6 Å². The highest BCUT2D eigenvalue weighted by molar-refractivity contribution is 5.68. The maximum atomic E-state index is 5.44. The van der Waals surface area contributed by atoms with E-state index in [-0.39, 0.29) is 0 Å². The first-order chi connectivity index (χ1) is 14.3. The van der Waals surface area contributed by atoms with Crippen LogP contribution in [0.2, 0.25) is 0 Å². The molecule has 1 aromatic heterocycles. The van der Waals surface area contributed by atoms with Crippen LogP contribution in [0.3, 0.4) is 0 Å². The largest absolute Gasteiger partial charge is 0.493 e. The SMILES string of the molecule is COc1ccc(-c2ccnc(CN3CC=C(c4ccccc4)CC3)c2)cc1OC. The molecule has 3 aromatic rings. The second-order valence-corrected chi connectivity index (χ2v) is 7.19. The molecule has 0 saturated carbocycles. The highest BCUT2D eigenvalue weighted by atomic mass is 16.5. The van der Waals surface area contributed by atoms with Gasteiger partial charge in [-0.15, -0.1) is 0 Å². The summed E-state index contributed by atoms with van der Waals surface area (Å²) < 4.78 is 10.8. The minimum absolute atomic E-state index is 0.734. The second-order valence-electron chi connectivity index (χ2n) is 7.19. The average Bonchev–Trinajstić information content (AvgIpc) is 2.80. The van der Waals surface area contributed by atoms with Crippen LogP contribution in [0.4, 0.5) is 0 Å². The summed E-state index contributed by atoms with van der Waals surface area (Å²) in [5.74, 6) is 1.47. The van der Waals surface area contributed by atoms with Crippen LogP contribution in [0.1, 0.15) is 17.7 Å². The lowest BCUT2D eigenvalue weighted by atomic mass is 9.99. The molecule has 0 spiro atoms. The molecule has 0 saturated heterocycles. The van der Waals surface area contributed by atoms with Gasteiger partial charge in [0.05, 0.1) is 19.9 Å². The number of hydrogen-bond donors (Lipinski definition) is 0. The third kappa shape index (κ3) is 4.49. The van der Waals surface area contributed by atoms with Gasteiger partial charge in [0.2, 0.25) is 0 Å². The lowest BCUT2D eigenvalue weighted by Gasteiger charge is -2.26. The summed E-state index contributed by atoms with van der Waals surface area (Å²) in [6.07, 6.45) is 5.30. The number of nitrogens with zero attached hydrogens (tertiary/aromatic N) is 2. The van der Waals surface area contributed by atoms with Gasteiger partial charge in [0.25, 0.3) is 0 Å². The smallest absolute Gasteiger partial charge is 0.161 e. The lowest BCUT2D eigenvalue weighted by Crippen LogP contribution is -2.28. The number of rotatable bonds is 6. The number of aromatic nitrogens is 1. The normalized spacial score (nSPS) is 14.3. The summed E-state index contributed by atoms with van der Waals surface area (Å²) in [7, 11) is 3.31. The highest BCUT2D eigenvalue weighted by Crippen LogP contribution is 2.32. The lowest BCUT2D eigenvalue weighted by molar-refractivity contribution is 0.290. The first-order valence-electron chi connectivity index (χ1n) is 9.91. The summed E-state index contributed by atoms with van der Waals surface area (Å²) in [5, 5.41) is 0. The molecule has 4 nitrogen and oxygen atoms in total. The van der Waals surface area contributed by atoms with E-state index in [4.69, 9.17) is 9.47 Å². The molecule has 0 unspecified atom stereocenters. The van der Waals surface area contributed by atoms with Crippen molar-refractivity contribution < 1.29 is 9.47 Å². The van der Waals surface area contributed by atoms with Gasteiger partial charge in [0.1, 0.15) is 0 Å². The Hall–Kier alpha value is -3.11. The molecule has 0 radical (unpaired) electrons. The van der Waals surface area contributed by atoms with Gasteiger partial charge in [0, 0.05) is 25.8 Å². The Morgan fingerprint density at radius 2 is 1.66 bits per heavy atom. The monoisotopic (exact) mass is 386 g/mol. The number of hydrogen-bond acceptors (Lipinski definition) is 4. The van der Waals surface area contributed by atoms with Gasteiger partial charge in [-0.2, -0.15) is 0 Å². The number of benzene rings is 2. The van der Waals surface area contributed by atoms with Crippen molar-refractivity contribution in [3.63, 3.8) is 0 Å². The standard InChI is InChI=1S/C25H26N2O2/c1-28-24-9-8-21(17-25(24)29-2)22-10-13-26-23(16-22)18-27-14-11-20(12-15-27)19-6-4-3-5-7-19/h3-11,13,16-17H,12,14-15,18H2,1-2H3. The van der Waals surface area contributed by atoms with Crippen LogP contribution in [0, 0.1) is 0 Å². The summed E-state index contributed by atoms with van der Waals surface area (Å²) in [5.41, 5.74) is 6.08. The van der Waals surface area contributed by atoms with Gasteiger partial charge < -0.3 is 9.47 Å². The molecule has 148 valence electrons. The van der Waals surface area contributed by atoms with Crippen molar-refractivity contribution in [2.24, 2.45) is 0 Å². The van der Waals surface area contributed by atoms with Gasteiger partial charge >= 0.3 is 0 Å². The fraction of sp³-hybridized carbons (Fsp3) is 0.240. The molecule has 1 aliphatic rings. The third-order valence-corrected chi connectivity index (χ3v) is 5.36. The van der Waals surface area contributed by atoms with Gasteiger partial charge in [-0.05, 0) is 52.9 Å². The first kappa shape index (κ1) is 19.2. The average molecular weight is 386 g/mol. The maximum Gasteiger partial charge on any atom is 0.161 e. The predicted molar refractivity (Wildman–Crippen MR) is 117 cm³/mol. The second kappa shape index (κ2) is 8.93. The van der Waals surface area contributed by atoms with E-state index in [9.17, 15) is 0 Å². The van der Waals surface area contributed by atoms with E-state index in [0.717, 1.165) is 54.4 Å². The molecular weight excluding hydrogens is 360 g/mol. The predicted octanol–water partition coefficient (Wildman–Crippen LogP) is 5.06. The Labute approximate surface area is 172 Å². The van der Waals surface area contributed by atoms with Crippen molar-refractivity contribution in [1.29, 1.82) is 0 Å². The van der Waals surface area contributed by atoms with Crippen molar-refractivity contribution >= 4 is 5.57 Å². The summed E-state index contributed by atoms with van der Waals surface area (Å²) in [6.45, 7) is 2.84. The van der Waals surface area contributed by atoms with E-state index in [2.05, 4.69) is 58.4 Å². The van der Waals surface area contributed by atoms with Gasteiger partial charge in [-0.3, -0.25) is 9.88 Å². The van der Waals surface area contributed by atoms with Crippen LogP contribution in [-0.2, 0) is 6.54 Å². The van der Waals surface area contributed by atoms with Crippen molar-refractivity contribution in [2.75, 3.05) is 27.3 Å². The first-order valence-corrected chi connectivity index (χ1v) is 9.91. The molecule has 2 heterocycles. The van der Waals surface area contributed by atoms with Crippen molar-refractivity contribution in [2.45, 2.75) is 13.0 Å². The van der Waals surface area contributed by atoms with Gasteiger partial charge in [0.15, 0.2) is 11.5 Å². The van der Waals surface area contributed by atoms with Crippen LogP contribution in [0.15, 0.2) is 72.9 Å². The minimum atomic E-state index is 0.734. The fourth-order valence-corrected chi connectivity index (χ4v) is 3.76. The molecule has 0 N–H and O–H groups in total. The van der Waals surface area contributed by atoms with Crippen LogP contribution < -0.4 is 9.47 Å². The van der Waals surface area contributed by atoms with E-state index in [1.54, 1.807) is 14.2 Å². The fourth-order valence-electron chi connectivity index (χ4n) is 3.76. The van der Waals surface area contributed by atoms with Gasteiger partial charge in [-0.25, -0.2) is 0 Å². The molecule has 4 heteroatoms. The molecule has 0 amide bonds. The molecule has 4 rings (SSSR count). The highest BCUT2D eigenvalue weighted by Gasteiger charge is 2.14. The van der Waals surface area contributed by atoms with E-state index < -0.39 is 0 Å². The Morgan fingerprint density at radius 3 is 2.38 bits per heavy atom. The Morgan fingerprint density at radius 1 is 0.862 bits per heavy atom. The Balaban J connectivity index is 1.47. The third-order valence-electron chi connectivity index (χ3n) is 5.36. The van der Waals surface area contributed by atoms with Crippen LogP contribution in [-0.4, -0.2) is 37.2 Å². The molecule has 0 fully saturated rings. The van der Waals surface area contributed by atoms with Crippen LogP contribution in [0.25, 0.3) is 16.7 Å². The van der Waals surface area contributed by atoms with Crippen molar-refractivity contribution in [3.05, 3.63) is 84.2 Å². The topological polar surface area (TPSA) is 34.6 Å². The molecule has 0 atom stereocenters. The number of methoxy groups -OCH3 is 2. The van der Waals surface area contributed by atoms with E-state index in [1.165, 1.54) is 11.1 Å². The van der Waals surface area contributed by atoms with E-state index in [1.807, 2.05) is 24.4 Å². The number of ether oxygens (including phenoxy) is 2. The molecule has 1 aliphatic heterocycles. The molecule has 2 aromatic carbocycles. The maximum absolute atomic E-state index is 5.44. The summed E-state index contributed by atoms with van der Waals surface area (Å²) >= 11 is 0. The zero-order valence-electron chi connectivity index (χ0n) is 17.0. The van der Waals surface area contributed by atoms with Crippen molar-refractivity contribution in [1.82, 2.24) is 9.88 Å². The molecular formula is C25H26N2O2. The van der Waals surface area contributed by atoms with Crippen LogP contribution >= 0.6 is 0 Å². The van der Waals surface area contributed by atoms with E-state index >= 15 is 0 Å². The zero-order chi connectivity index (χ0) is 20.1.